The van der Waals surface area contributed by atoms with Crippen LogP contribution in [-0.2, 0) is 6.54 Å². The minimum Gasteiger partial charge on any atom is -0.493 e. The molecule has 172 valence electrons. The molecule has 0 atom stereocenters. The Hall–Kier alpha value is -3.12. The molecule has 0 aliphatic rings. The maximum Gasteiger partial charge on any atom is 0.261 e. The number of hydrogen-bond acceptors (Lipinski definition) is 3. The number of hydrogen-bond donors (Lipinski definition) is 1. The Morgan fingerprint density at radius 2 is 1.67 bits per heavy atom. The number of ether oxygens (including phenoxy) is 1. The van der Waals surface area contributed by atoms with Crippen molar-refractivity contribution in [3.05, 3.63) is 94.0 Å². The molecule has 3 aromatic carbocycles. The maximum absolute atomic E-state index is 13.5. The molecule has 0 saturated heterocycles. The summed E-state index contributed by atoms with van der Waals surface area (Å²) in [5.41, 5.74) is 2.41. The van der Waals surface area contributed by atoms with Gasteiger partial charge in [0, 0.05) is 18.1 Å². The van der Waals surface area contributed by atoms with Gasteiger partial charge in [0.05, 0.1) is 23.4 Å². The number of halogens is 1. The van der Waals surface area contributed by atoms with E-state index in [-0.39, 0.29) is 11.8 Å². The highest BCUT2D eigenvalue weighted by Crippen LogP contribution is 2.28. The highest BCUT2D eigenvalue weighted by atomic mass is 79.9. The lowest BCUT2D eigenvalue weighted by molar-refractivity contribution is 0.0951. The molecule has 2 amide bonds. The number of rotatable bonds is 9. The number of amides is 2. The third kappa shape index (κ3) is 6.68. The Morgan fingerprint density at radius 1 is 0.970 bits per heavy atom. The Balaban J connectivity index is 1.81. The van der Waals surface area contributed by atoms with E-state index in [0.717, 1.165) is 16.5 Å². The average Bonchev–Trinajstić information content (AvgIpc) is 2.83. The minimum absolute atomic E-state index is 0.239. The number of nitrogens with zero attached hydrogens (tertiary/aromatic N) is 1. The molecule has 0 radical (unpaired) electrons. The quantitative estimate of drug-likeness (QED) is 0.380. The predicted octanol–water partition coefficient (Wildman–Crippen LogP) is 6.08. The predicted molar refractivity (Wildman–Crippen MR) is 136 cm³/mol. The second-order valence-corrected chi connectivity index (χ2v) is 9.14. The van der Waals surface area contributed by atoms with Gasteiger partial charge in [0.2, 0.25) is 0 Å². The highest BCUT2D eigenvalue weighted by Gasteiger charge is 2.22. The summed E-state index contributed by atoms with van der Waals surface area (Å²) >= 11 is 3.45. The van der Waals surface area contributed by atoms with Crippen LogP contribution in [0.5, 0.6) is 5.75 Å². The van der Waals surface area contributed by atoms with Gasteiger partial charge in [-0.25, -0.2) is 0 Å². The van der Waals surface area contributed by atoms with Crippen LogP contribution in [0.4, 0.5) is 5.69 Å². The number of anilines is 1. The molecule has 0 heterocycles. The molecule has 5 nitrogen and oxygen atoms in total. The van der Waals surface area contributed by atoms with Crippen molar-refractivity contribution >= 4 is 33.4 Å². The maximum atomic E-state index is 13.5. The van der Waals surface area contributed by atoms with Crippen LogP contribution < -0.4 is 15.0 Å². The molecule has 6 heteroatoms. The van der Waals surface area contributed by atoms with E-state index in [9.17, 15) is 9.59 Å². The summed E-state index contributed by atoms with van der Waals surface area (Å²) in [6.45, 7) is 5.20. The van der Waals surface area contributed by atoms with Gasteiger partial charge in [-0.1, -0.05) is 72.2 Å². The summed E-state index contributed by atoms with van der Waals surface area (Å²) in [5.74, 6) is 0.543. The summed E-state index contributed by atoms with van der Waals surface area (Å²) in [6.07, 6.45) is 0.893. The van der Waals surface area contributed by atoms with Crippen LogP contribution in [0, 0.1) is 5.92 Å². The molecule has 0 spiro atoms. The normalized spacial score (nSPS) is 10.7. The van der Waals surface area contributed by atoms with Gasteiger partial charge >= 0.3 is 0 Å². The first-order valence-electron chi connectivity index (χ1n) is 11.0. The van der Waals surface area contributed by atoms with Crippen molar-refractivity contribution in [2.24, 2.45) is 5.92 Å². The monoisotopic (exact) mass is 508 g/mol. The molecule has 0 fully saturated rings. The van der Waals surface area contributed by atoms with Crippen LogP contribution >= 0.6 is 15.9 Å². The zero-order valence-electron chi connectivity index (χ0n) is 19.2. The van der Waals surface area contributed by atoms with Gasteiger partial charge in [-0.3, -0.25) is 9.59 Å². The summed E-state index contributed by atoms with van der Waals surface area (Å²) in [6, 6.07) is 22.2. The first kappa shape index (κ1) is 24.5. The lowest BCUT2D eigenvalue weighted by Crippen LogP contribution is -2.31. The van der Waals surface area contributed by atoms with E-state index in [1.165, 1.54) is 4.90 Å². The summed E-state index contributed by atoms with van der Waals surface area (Å²) in [7, 11) is 1.67. The molecule has 3 rings (SSSR count). The van der Waals surface area contributed by atoms with Crippen molar-refractivity contribution < 1.29 is 14.3 Å². The zero-order chi connectivity index (χ0) is 23.8. The number of nitrogens with one attached hydrogen (secondary N) is 1. The van der Waals surface area contributed by atoms with Crippen molar-refractivity contribution in [2.75, 3.05) is 18.6 Å². The first-order valence-corrected chi connectivity index (χ1v) is 11.8. The third-order valence-corrected chi connectivity index (χ3v) is 5.73. The van der Waals surface area contributed by atoms with Crippen LogP contribution in [0.1, 0.15) is 46.5 Å². The van der Waals surface area contributed by atoms with Crippen molar-refractivity contribution in [3.63, 3.8) is 0 Å². The molecule has 0 bridgehead atoms. The molecule has 33 heavy (non-hydrogen) atoms. The van der Waals surface area contributed by atoms with Gasteiger partial charge in [-0.2, -0.15) is 0 Å². The molecular formula is C27H29BrN2O3. The molecule has 0 aromatic heterocycles. The number of benzene rings is 3. The third-order valence-electron chi connectivity index (χ3n) is 5.24. The molecule has 3 aromatic rings. The fourth-order valence-corrected chi connectivity index (χ4v) is 3.68. The Morgan fingerprint density at radius 3 is 2.39 bits per heavy atom. The van der Waals surface area contributed by atoms with Crippen molar-refractivity contribution in [1.82, 2.24) is 5.32 Å². The van der Waals surface area contributed by atoms with Crippen molar-refractivity contribution in [3.8, 4) is 5.75 Å². The minimum atomic E-state index is -0.251. The van der Waals surface area contributed by atoms with Crippen LogP contribution in [0.2, 0.25) is 0 Å². The molecule has 0 saturated carbocycles. The second kappa shape index (κ2) is 11.7. The number of para-hydroxylation sites is 1. The average molecular weight is 509 g/mol. The van der Waals surface area contributed by atoms with Gasteiger partial charge in [0.25, 0.3) is 11.8 Å². The molecule has 0 aliphatic carbocycles. The molecule has 1 N–H and O–H groups in total. The van der Waals surface area contributed by atoms with Crippen LogP contribution in [0.3, 0.4) is 0 Å². The molecule has 0 aliphatic heterocycles. The lowest BCUT2D eigenvalue weighted by atomic mass is 10.1. The van der Waals surface area contributed by atoms with Crippen molar-refractivity contribution in [2.45, 2.75) is 26.8 Å². The zero-order valence-corrected chi connectivity index (χ0v) is 20.8. The fraction of sp³-hybridized carbons (Fsp3) is 0.259. The van der Waals surface area contributed by atoms with E-state index in [1.807, 2.05) is 42.5 Å². The smallest absolute Gasteiger partial charge is 0.261 e. The SMILES string of the molecule is CC(C)CCOc1ccc(Br)cc1C(=O)N(C)c1ccccc1C(=O)NCc1ccccc1. The van der Waals surface area contributed by atoms with Gasteiger partial charge in [-0.15, -0.1) is 0 Å². The topological polar surface area (TPSA) is 58.6 Å². The van der Waals surface area contributed by atoms with Gasteiger partial charge in [0.15, 0.2) is 0 Å². The number of carbonyl (C=O) groups excluding carboxylic acids is 2. The highest BCUT2D eigenvalue weighted by molar-refractivity contribution is 9.10. The Labute approximate surface area is 203 Å². The lowest BCUT2D eigenvalue weighted by Gasteiger charge is -2.22. The summed E-state index contributed by atoms with van der Waals surface area (Å²) in [5, 5.41) is 2.94. The van der Waals surface area contributed by atoms with Gasteiger partial charge in [-0.05, 0) is 48.2 Å². The van der Waals surface area contributed by atoms with E-state index >= 15 is 0 Å². The standard InChI is InChI=1S/C27H29BrN2O3/c1-19(2)15-16-33-25-14-13-21(28)17-23(25)27(32)30(3)24-12-8-7-11-22(24)26(31)29-18-20-9-5-4-6-10-20/h4-14,17,19H,15-16,18H2,1-3H3,(H,29,31). The second-order valence-electron chi connectivity index (χ2n) is 8.22. The Kier molecular flexibility index (Phi) is 8.66. The van der Waals surface area contributed by atoms with E-state index in [0.29, 0.717) is 41.6 Å². The first-order chi connectivity index (χ1) is 15.9. The van der Waals surface area contributed by atoms with E-state index in [1.54, 1.807) is 37.4 Å². The van der Waals surface area contributed by atoms with E-state index in [4.69, 9.17) is 4.74 Å². The Bertz CT molecular complexity index is 1100. The van der Waals surface area contributed by atoms with E-state index in [2.05, 4.69) is 35.1 Å². The fourth-order valence-electron chi connectivity index (χ4n) is 3.32. The molecular weight excluding hydrogens is 480 g/mol. The molecule has 0 unspecified atom stereocenters. The van der Waals surface area contributed by atoms with E-state index < -0.39 is 0 Å². The number of carbonyl (C=O) groups is 2. The summed E-state index contributed by atoms with van der Waals surface area (Å²) < 4.78 is 6.71. The van der Waals surface area contributed by atoms with Crippen LogP contribution in [0.25, 0.3) is 0 Å². The largest absolute Gasteiger partial charge is 0.493 e. The van der Waals surface area contributed by atoms with Gasteiger partial charge < -0.3 is 15.0 Å². The van der Waals surface area contributed by atoms with Crippen molar-refractivity contribution in [1.29, 1.82) is 0 Å². The van der Waals surface area contributed by atoms with Crippen LogP contribution in [0.15, 0.2) is 77.3 Å². The van der Waals surface area contributed by atoms with Gasteiger partial charge in [0.1, 0.15) is 5.75 Å². The summed E-state index contributed by atoms with van der Waals surface area (Å²) in [4.78, 5) is 27.9. The van der Waals surface area contributed by atoms with Crippen LogP contribution in [-0.4, -0.2) is 25.5 Å².